The normalized spacial score (nSPS) is 17.3. The molecule has 2 aromatic carbocycles. The van der Waals surface area contributed by atoms with Crippen molar-refractivity contribution in [2.75, 3.05) is 7.11 Å². The summed E-state index contributed by atoms with van der Waals surface area (Å²) in [5.41, 5.74) is 1.59. The fraction of sp³-hybridized carbons (Fsp3) is 0.188. The minimum atomic E-state index is -0.235. The van der Waals surface area contributed by atoms with Crippen molar-refractivity contribution >= 4 is 21.7 Å². The van der Waals surface area contributed by atoms with Crippen molar-refractivity contribution in [3.05, 3.63) is 58.1 Å². The van der Waals surface area contributed by atoms with Crippen molar-refractivity contribution < 1.29 is 14.3 Å². The first-order valence-electron chi connectivity index (χ1n) is 6.31. The van der Waals surface area contributed by atoms with Crippen molar-refractivity contribution in [2.45, 2.75) is 12.5 Å². The molecular formula is C16H13BrO3. The number of carbonyl (C=O) groups is 1. The molecule has 3 nitrogen and oxygen atoms in total. The van der Waals surface area contributed by atoms with Gasteiger partial charge in [-0.25, -0.2) is 0 Å². The SMILES string of the molecule is COc1ccc2c(c1)C(=O)CC(c1cccc(Br)c1)O2. The molecule has 0 bridgehead atoms. The number of rotatable bonds is 2. The van der Waals surface area contributed by atoms with Gasteiger partial charge in [0.1, 0.15) is 17.6 Å². The summed E-state index contributed by atoms with van der Waals surface area (Å²) >= 11 is 3.44. The molecule has 1 unspecified atom stereocenters. The molecule has 0 aliphatic carbocycles. The van der Waals surface area contributed by atoms with Crippen LogP contribution in [0.4, 0.5) is 0 Å². The summed E-state index contributed by atoms with van der Waals surface area (Å²) in [6.07, 6.45) is 0.109. The standard InChI is InChI=1S/C16H13BrO3/c1-19-12-5-6-15-13(8-12)14(18)9-16(20-15)10-3-2-4-11(17)7-10/h2-8,16H,9H2,1H3. The molecule has 3 rings (SSSR count). The number of benzene rings is 2. The number of fused-ring (bicyclic) bond motifs is 1. The second kappa shape index (κ2) is 5.29. The fourth-order valence-electron chi connectivity index (χ4n) is 2.32. The number of methoxy groups -OCH3 is 1. The molecule has 0 amide bonds. The van der Waals surface area contributed by atoms with E-state index in [4.69, 9.17) is 9.47 Å². The lowest BCUT2D eigenvalue weighted by molar-refractivity contribution is 0.0849. The quantitative estimate of drug-likeness (QED) is 0.828. The molecule has 0 saturated carbocycles. The van der Waals surface area contributed by atoms with Crippen LogP contribution in [0.5, 0.6) is 11.5 Å². The van der Waals surface area contributed by atoms with Gasteiger partial charge in [0.15, 0.2) is 5.78 Å². The molecule has 20 heavy (non-hydrogen) atoms. The molecule has 4 heteroatoms. The minimum Gasteiger partial charge on any atom is -0.497 e. The largest absolute Gasteiger partial charge is 0.497 e. The molecule has 0 spiro atoms. The summed E-state index contributed by atoms with van der Waals surface area (Å²) in [7, 11) is 1.58. The van der Waals surface area contributed by atoms with Crippen LogP contribution in [0.2, 0.25) is 0 Å². The van der Waals surface area contributed by atoms with Crippen molar-refractivity contribution in [1.29, 1.82) is 0 Å². The topological polar surface area (TPSA) is 35.5 Å². The number of ketones is 1. The van der Waals surface area contributed by atoms with Gasteiger partial charge < -0.3 is 9.47 Å². The van der Waals surface area contributed by atoms with E-state index in [0.29, 0.717) is 23.5 Å². The lowest BCUT2D eigenvalue weighted by atomic mass is 9.96. The second-order valence-electron chi connectivity index (χ2n) is 4.65. The first-order chi connectivity index (χ1) is 9.67. The summed E-state index contributed by atoms with van der Waals surface area (Å²) in [4.78, 5) is 12.3. The zero-order valence-electron chi connectivity index (χ0n) is 10.9. The number of hydrogen-bond donors (Lipinski definition) is 0. The van der Waals surface area contributed by atoms with Crippen LogP contribution in [0.1, 0.15) is 28.4 Å². The highest BCUT2D eigenvalue weighted by Gasteiger charge is 2.28. The highest BCUT2D eigenvalue weighted by Crippen LogP contribution is 2.37. The van der Waals surface area contributed by atoms with Gasteiger partial charge in [0.25, 0.3) is 0 Å². The maximum atomic E-state index is 12.3. The van der Waals surface area contributed by atoms with E-state index in [1.807, 2.05) is 24.3 Å². The molecular weight excluding hydrogens is 320 g/mol. The third kappa shape index (κ3) is 2.43. The molecule has 0 aromatic heterocycles. The van der Waals surface area contributed by atoms with Crippen LogP contribution >= 0.6 is 15.9 Å². The van der Waals surface area contributed by atoms with E-state index in [-0.39, 0.29) is 11.9 Å². The lowest BCUT2D eigenvalue weighted by Gasteiger charge is -2.26. The van der Waals surface area contributed by atoms with Gasteiger partial charge >= 0.3 is 0 Å². The Morgan fingerprint density at radius 3 is 2.85 bits per heavy atom. The van der Waals surface area contributed by atoms with Gasteiger partial charge in [-0.3, -0.25) is 4.79 Å². The number of carbonyl (C=O) groups excluding carboxylic acids is 1. The molecule has 1 aliphatic heterocycles. The zero-order chi connectivity index (χ0) is 14.1. The lowest BCUT2D eigenvalue weighted by Crippen LogP contribution is -2.20. The van der Waals surface area contributed by atoms with Crippen LogP contribution in [0.15, 0.2) is 46.9 Å². The molecule has 0 saturated heterocycles. The average Bonchev–Trinajstić information content (AvgIpc) is 2.47. The zero-order valence-corrected chi connectivity index (χ0v) is 12.5. The smallest absolute Gasteiger partial charge is 0.170 e. The first-order valence-corrected chi connectivity index (χ1v) is 7.10. The molecule has 0 N–H and O–H groups in total. The summed E-state index contributed by atoms with van der Waals surface area (Å²) in [6, 6.07) is 13.2. The summed E-state index contributed by atoms with van der Waals surface area (Å²) in [5, 5.41) is 0. The van der Waals surface area contributed by atoms with Crippen LogP contribution in [-0.2, 0) is 0 Å². The van der Waals surface area contributed by atoms with E-state index in [9.17, 15) is 4.79 Å². The van der Waals surface area contributed by atoms with Crippen LogP contribution in [0, 0.1) is 0 Å². The molecule has 1 aliphatic rings. The van der Waals surface area contributed by atoms with Crippen molar-refractivity contribution in [1.82, 2.24) is 0 Å². The number of halogens is 1. The summed E-state index contributed by atoms with van der Waals surface area (Å²) in [6.45, 7) is 0. The average molecular weight is 333 g/mol. The van der Waals surface area contributed by atoms with E-state index < -0.39 is 0 Å². The molecule has 2 aromatic rings. The van der Waals surface area contributed by atoms with E-state index >= 15 is 0 Å². The Labute approximate surface area is 125 Å². The predicted molar refractivity (Wildman–Crippen MR) is 79.5 cm³/mol. The molecule has 102 valence electrons. The Hall–Kier alpha value is -1.81. The Kier molecular flexibility index (Phi) is 3.49. The van der Waals surface area contributed by atoms with Crippen molar-refractivity contribution in [2.24, 2.45) is 0 Å². The molecule has 1 heterocycles. The van der Waals surface area contributed by atoms with Gasteiger partial charge in [-0.15, -0.1) is 0 Å². The van der Waals surface area contributed by atoms with Gasteiger partial charge in [0, 0.05) is 4.47 Å². The van der Waals surface area contributed by atoms with Crippen molar-refractivity contribution in [3.63, 3.8) is 0 Å². The van der Waals surface area contributed by atoms with E-state index in [0.717, 1.165) is 10.0 Å². The van der Waals surface area contributed by atoms with Crippen molar-refractivity contribution in [3.8, 4) is 11.5 Å². The maximum Gasteiger partial charge on any atom is 0.170 e. The molecule has 0 fully saturated rings. The summed E-state index contributed by atoms with van der Waals surface area (Å²) < 4.78 is 12.1. The number of hydrogen-bond acceptors (Lipinski definition) is 3. The van der Waals surface area contributed by atoms with Gasteiger partial charge in [-0.05, 0) is 35.9 Å². The number of Topliss-reactive ketones (excluding diaryl/α,β-unsaturated/α-hetero) is 1. The van der Waals surface area contributed by atoms with Gasteiger partial charge in [0.2, 0.25) is 0 Å². The molecule has 1 atom stereocenters. The highest BCUT2D eigenvalue weighted by molar-refractivity contribution is 9.10. The third-order valence-electron chi connectivity index (χ3n) is 3.35. The Morgan fingerprint density at radius 2 is 2.10 bits per heavy atom. The monoisotopic (exact) mass is 332 g/mol. The first kappa shape index (κ1) is 13.2. The fourth-order valence-corrected chi connectivity index (χ4v) is 2.74. The number of ether oxygens (including phenoxy) is 2. The Bertz CT molecular complexity index is 667. The van der Waals surface area contributed by atoms with Crippen LogP contribution in [0.25, 0.3) is 0 Å². The van der Waals surface area contributed by atoms with Crippen LogP contribution < -0.4 is 9.47 Å². The Balaban J connectivity index is 1.95. The molecule has 0 radical (unpaired) electrons. The van der Waals surface area contributed by atoms with Crippen LogP contribution in [0.3, 0.4) is 0 Å². The van der Waals surface area contributed by atoms with Crippen LogP contribution in [-0.4, -0.2) is 12.9 Å². The van der Waals surface area contributed by atoms with E-state index in [1.54, 1.807) is 25.3 Å². The Morgan fingerprint density at radius 1 is 1.25 bits per heavy atom. The predicted octanol–water partition coefficient (Wildman–Crippen LogP) is 4.16. The second-order valence-corrected chi connectivity index (χ2v) is 5.57. The minimum absolute atomic E-state index is 0.0788. The van der Waals surface area contributed by atoms with Gasteiger partial charge in [0.05, 0.1) is 19.1 Å². The maximum absolute atomic E-state index is 12.3. The highest BCUT2D eigenvalue weighted by atomic mass is 79.9. The van der Waals surface area contributed by atoms with Gasteiger partial charge in [-0.1, -0.05) is 28.1 Å². The van der Waals surface area contributed by atoms with E-state index in [2.05, 4.69) is 15.9 Å². The van der Waals surface area contributed by atoms with Gasteiger partial charge in [-0.2, -0.15) is 0 Å². The summed E-state index contributed by atoms with van der Waals surface area (Å²) in [5.74, 6) is 1.36. The van der Waals surface area contributed by atoms with E-state index in [1.165, 1.54) is 0 Å². The third-order valence-corrected chi connectivity index (χ3v) is 3.84.